The van der Waals surface area contributed by atoms with Crippen LogP contribution in [0, 0.1) is 13.8 Å². The van der Waals surface area contributed by atoms with E-state index in [1.54, 1.807) is 20.8 Å². The highest BCUT2D eigenvalue weighted by molar-refractivity contribution is 6.06. The molecule has 0 spiro atoms. The van der Waals surface area contributed by atoms with Gasteiger partial charge in [0.2, 0.25) is 11.8 Å². The van der Waals surface area contributed by atoms with Crippen LogP contribution in [-0.2, 0) is 9.59 Å². The lowest BCUT2D eigenvalue weighted by Crippen LogP contribution is -2.43. The molecule has 0 aliphatic carbocycles. The first-order valence-corrected chi connectivity index (χ1v) is 11.3. The van der Waals surface area contributed by atoms with E-state index < -0.39 is 17.9 Å². The number of amides is 3. The van der Waals surface area contributed by atoms with Crippen LogP contribution in [0.1, 0.15) is 53.6 Å². The highest BCUT2D eigenvalue weighted by Gasteiger charge is 2.25. The Hall–Kier alpha value is -4.14. The molecule has 3 aromatic rings. The predicted octanol–water partition coefficient (Wildman–Crippen LogP) is 3.70. The summed E-state index contributed by atoms with van der Waals surface area (Å²) in [6.07, 6.45) is 0.580. The molecule has 0 saturated carbocycles. The Morgan fingerprint density at radius 1 is 1.11 bits per heavy atom. The summed E-state index contributed by atoms with van der Waals surface area (Å²) < 4.78 is 10.8. The standard InChI is InChI=1S/C26H30N4O5/c1-6-18(17-10-8-7-9-11-17)26(33)28-15(3)25(32)29-21-13-22(34-5)20(12-19(21)24(27)31)23-14(2)30-35-16(23)4/h7-13,15,18H,6H2,1-5H3,(H2,27,31)(H,28,33)(H,29,32). The van der Waals surface area contributed by atoms with Crippen molar-refractivity contribution in [2.24, 2.45) is 5.73 Å². The summed E-state index contributed by atoms with van der Waals surface area (Å²) in [7, 11) is 1.48. The van der Waals surface area contributed by atoms with Crippen LogP contribution in [0.4, 0.5) is 5.69 Å². The number of hydrogen-bond donors (Lipinski definition) is 3. The quantitative estimate of drug-likeness (QED) is 0.429. The van der Waals surface area contributed by atoms with Crippen LogP contribution in [0.2, 0.25) is 0 Å². The van der Waals surface area contributed by atoms with Crippen LogP contribution in [0.25, 0.3) is 11.1 Å². The van der Waals surface area contributed by atoms with Crippen molar-refractivity contribution in [3.63, 3.8) is 0 Å². The number of ether oxygens (including phenoxy) is 1. The summed E-state index contributed by atoms with van der Waals surface area (Å²) in [5.74, 6) is -0.941. The Morgan fingerprint density at radius 3 is 2.34 bits per heavy atom. The Morgan fingerprint density at radius 2 is 1.80 bits per heavy atom. The van der Waals surface area contributed by atoms with Gasteiger partial charge in [0, 0.05) is 11.6 Å². The van der Waals surface area contributed by atoms with Crippen molar-refractivity contribution in [3.8, 4) is 16.9 Å². The monoisotopic (exact) mass is 478 g/mol. The number of carbonyl (C=O) groups is 3. The molecule has 0 fully saturated rings. The van der Waals surface area contributed by atoms with E-state index in [4.69, 9.17) is 15.0 Å². The summed E-state index contributed by atoms with van der Waals surface area (Å²) in [5, 5.41) is 9.40. The molecule has 4 N–H and O–H groups in total. The molecular formula is C26H30N4O5. The van der Waals surface area contributed by atoms with Gasteiger partial charge in [0.15, 0.2) is 0 Å². The number of nitrogens with two attached hydrogens (primary N) is 1. The maximum Gasteiger partial charge on any atom is 0.250 e. The molecule has 0 aliphatic heterocycles. The number of anilines is 1. The van der Waals surface area contributed by atoms with Crippen LogP contribution in [0.3, 0.4) is 0 Å². The van der Waals surface area contributed by atoms with Gasteiger partial charge in [0.05, 0.1) is 35.5 Å². The zero-order valence-electron chi connectivity index (χ0n) is 20.5. The minimum absolute atomic E-state index is 0.0865. The predicted molar refractivity (Wildman–Crippen MR) is 132 cm³/mol. The van der Waals surface area contributed by atoms with Crippen molar-refractivity contribution in [2.45, 2.75) is 46.1 Å². The first kappa shape index (κ1) is 25.5. The third-order valence-electron chi connectivity index (χ3n) is 5.84. The van der Waals surface area contributed by atoms with E-state index in [1.165, 1.54) is 19.2 Å². The first-order valence-electron chi connectivity index (χ1n) is 11.3. The van der Waals surface area contributed by atoms with Gasteiger partial charge in [-0.1, -0.05) is 42.4 Å². The normalized spacial score (nSPS) is 12.5. The summed E-state index contributed by atoms with van der Waals surface area (Å²) in [5.41, 5.74) is 8.60. The third kappa shape index (κ3) is 5.51. The van der Waals surface area contributed by atoms with Crippen molar-refractivity contribution >= 4 is 23.4 Å². The number of benzene rings is 2. The van der Waals surface area contributed by atoms with Gasteiger partial charge < -0.3 is 25.6 Å². The summed E-state index contributed by atoms with van der Waals surface area (Å²) in [6.45, 7) is 7.00. The molecule has 9 heteroatoms. The van der Waals surface area contributed by atoms with Gasteiger partial charge in [0.1, 0.15) is 17.6 Å². The lowest BCUT2D eigenvalue weighted by atomic mass is 9.95. The SMILES string of the molecule is CCC(C(=O)NC(C)C(=O)Nc1cc(OC)c(-c2c(C)noc2C)cc1C(N)=O)c1ccccc1. The molecule has 2 aromatic carbocycles. The number of primary amides is 1. The van der Waals surface area contributed by atoms with E-state index in [9.17, 15) is 14.4 Å². The topological polar surface area (TPSA) is 137 Å². The number of carbonyl (C=O) groups excluding carboxylic acids is 3. The fourth-order valence-electron chi connectivity index (χ4n) is 4.00. The van der Waals surface area contributed by atoms with Gasteiger partial charge in [-0.15, -0.1) is 0 Å². The smallest absolute Gasteiger partial charge is 0.250 e. The van der Waals surface area contributed by atoms with E-state index in [0.29, 0.717) is 34.8 Å². The van der Waals surface area contributed by atoms with Crippen LogP contribution < -0.4 is 21.1 Å². The van der Waals surface area contributed by atoms with Crippen LogP contribution in [0.15, 0.2) is 47.0 Å². The molecule has 0 radical (unpaired) electrons. The molecule has 9 nitrogen and oxygen atoms in total. The van der Waals surface area contributed by atoms with Gasteiger partial charge >= 0.3 is 0 Å². The average molecular weight is 479 g/mol. The van der Waals surface area contributed by atoms with E-state index in [1.807, 2.05) is 37.3 Å². The maximum absolute atomic E-state index is 12.9. The second kappa shape index (κ2) is 10.9. The molecule has 2 atom stereocenters. The number of nitrogens with zero attached hydrogens (tertiary/aromatic N) is 1. The molecule has 0 aliphatic rings. The highest BCUT2D eigenvalue weighted by atomic mass is 16.5. The summed E-state index contributed by atoms with van der Waals surface area (Å²) >= 11 is 0. The molecule has 1 heterocycles. The largest absolute Gasteiger partial charge is 0.496 e. The zero-order chi connectivity index (χ0) is 25.7. The first-order chi connectivity index (χ1) is 16.7. The van der Waals surface area contributed by atoms with Gasteiger partial charge in [-0.3, -0.25) is 14.4 Å². The number of aromatic nitrogens is 1. The Labute approximate surface area is 204 Å². The molecule has 2 unspecified atom stereocenters. The maximum atomic E-state index is 12.9. The number of aryl methyl sites for hydroxylation is 2. The van der Waals surface area contributed by atoms with Crippen molar-refractivity contribution in [1.82, 2.24) is 10.5 Å². The van der Waals surface area contributed by atoms with Crippen LogP contribution in [-0.4, -0.2) is 36.0 Å². The molecule has 184 valence electrons. The second-order valence-electron chi connectivity index (χ2n) is 8.25. The third-order valence-corrected chi connectivity index (χ3v) is 5.84. The average Bonchev–Trinajstić information content (AvgIpc) is 3.17. The van der Waals surface area contributed by atoms with Crippen molar-refractivity contribution in [2.75, 3.05) is 12.4 Å². The van der Waals surface area contributed by atoms with Crippen molar-refractivity contribution in [1.29, 1.82) is 0 Å². The number of hydrogen-bond acceptors (Lipinski definition) is 6. The zero-order valence-corrected chi connectivity index (χ0v) is 20.5. The number of methoxy groups -OCH3 is 1. The molecular weight excluding hydrogens is 448 g/mol. The Bertz CT molecular complexity index is 1220. The Kier molecular flexibility index (Phi) is 7.91. The minimum Gasteiger partial charge on any atom is -0.496 e. The lowest BCUT2D eigenvalue weighted by molar-refractivity contribution is -0.127. The van der Waals surface area contributed by atoms with Crippen LogP contribution in [0.5, 0.6) is 5.75 Å². The minimum atomic E-state index is -0.866. The van der Waals surface area contributed by atoms with Gasteiger partial charge in [-0.25, -0.2) is 0 Å². The van der Waals surface area contributed by atoms with E-state index in [0.717, 1.165) is 5.56 Å². The van der Waals surface area contributed by atoms with E-state index in [-0.39, 0.29) is 23.1 Å². The fraction of sp³-hybridized carbons (Fsp3) is 0.308. The number of nitrogens with one attached hydrogen (secondary N) is 2. The molecule has 35 heavy (non-hydrogen) atoms. The molecule has 3 rings (SSSR count). The number of rotatable bonds is 9. The second-order valence-corrected chi connectivity index (χ2v) is 8.25. The Balaban J connectivity index is 1.85. The molecule has 0 saturated heterocycles. The van der Waals surface area contributed by atoms with Gasteiger partial charge in [-0.05, 0) is 38.8 Å². The van der Waals surface area contributed by atoms with Crippen molar-refractivity contribution < 1.29 is 23.6 Å². The summed E-state index contributed by atoms with van der Waals surface area (Å²) in [6, 6.07) is 11.6. The van der Waals surface area contributed by atoms with Gasteiger partial charge in [0.25, 0.3) is 5.91 Å². The van der Waals surface area contributed by atoms with Crippen molar-refractivity contribution in [3.05, 3.63) is 65.0 Å². The van der Waals surface area contributed by atoms with Gasteiger partial charge in [-0.2, -0.15) is 0 Å². The summed E-state index contributed by atoms with van der Waals surface area (Å²) in [4.78, 5) is 38.1. The molecule has 1 aromatic heterocycles. The molecule has 3 amide bonds. The van der Waals surface area contributed by atoms with Crippen LogP contribution >= 0.6 is 0 Å². The van der Waals surface area contributed by atoms with E-state index in [2.05, 4.69) is 15.8 Å². The molecule has 0 bridgehead atoms. The fourth-order valence-corrected chi connectivity index (χ4v) is 4.00. The highest BCUT2D eigenvalue weighted by Crippen LogP contribution is 2.38. The van der Waals surface area contributed by atoms with E-state index >= 15 is 0 Å². The lowest BCUT2D eigenvalue weighted by Gasteiger charge is -2.20.